The largest absolute Gasteiger partial charge is 0.497 e. The number of nitrogens with one attached hydrogen (secondary N) is 2. The fourth-order valence-electron chi connectivity index (χ4n) is 3.21. The van der Waals surface area contributed by atoms with Gasteiger partial charge in [-0.15, -0.1) is 0 Å². The molecule has 2 heterocycles. The van der Waals surface area contributed by atoms with Crippen LogP contribution in [0.2, 0.25) is 0 Å². The molecule has 0 atom stereocenters. The molecule has 0 saturated carbocycles. The van der Waals surface area contributed by atoms with Crippen LogP contribution in [0.3, 0.4) is 0 Å². The summed E-state index contributed by atoms with van der Waals surface area (Å²) in [6.45, 7) is 0.581. The Balaban J connectivity index is 1.51. The minimum atomic E-state index is -0.128. The first kappa shape index (κ1) is 20.9. The standard InChI is InChI=1S/C25H23N5O2/c1-32-23-10-6-19(7-11-23)5-8-21-16-22(9-12-24(21)30-15-3-14-29-30)25(31)26-13-2-4-20-17-27-28-18-20/h3,6-7,9-12,14-18H,2,4,13H2,1H3,(H,26,31)(H,27,28). The van der Waals surface area contributed by atoms with Gasteiger partial charge < -0.3 is 10.1 Å². The van der Waals surface area contributed by atoms with Gasteiger partial charge in [-0.3, -0.25) is 9.89 Å². The lowest BCUT2D eigenvalue weighted by Gasteiger charge is -2.09. The van der Waals surface area contributed by atoms with Gasteiger partial charge in [-0.25, -0.2) is 4.68 Å². The fourth-order valence-corrected chi connectivity index (χ4v) is 3.21. The lowest BCUT2D eigenvalue weighted by atomic mass is 10.1. The van der Waals surface area contributed by atoms with Crippen molar-refractivity contribution in [3.63, 3.8) is 0 Å². The SMILES string of the molecule is COc1ccc(C#Cc2cc(C(=O)NCCCc3cn[nH]c3)ccc2-n2cccn2)cc1. The van der Waals surface area contributed by atoms with Gasteiger partial charge >= 0.3 is 0 Å². The van der Waals surface area contributed by atoms with Crippen molar-refractivity contribution in [3.8, 4) is 23.3 Å². The molecule has 0 aliphatic heterocycles. The molecule has 7 heteroatoms. The van der Waals surface area contributed by atoms with E-state index in [0.29, 0.717) is 12.1 Å². The summed E-state index contributed by atoms with van der Waals surface area (Å²) in [4.78, 5) is 12.7. The quantitative estimate of drug-likeness (QED) is 0.351. The molecule has 0 bridgehead atoms. The molecule has 0 spiro atoms. The Morgan fingerprint density at radius 1 is 1.19 bits per heavy atom. The summed E-state index contributed by atoms with van der Waals surface area (Å²) in [6, 6.07) is 14.8. The van der Waals surface area contributed by atoms with Crippen LogP contribution in [0.1, 0.15) is 33.5 Å². The second-order valence-electron chi connectivity index (χ2n) is 7.13. The van der Waals surface area contributed by atoms with Crippen molar-refractivity contribution in [2.75, 3.05) is 13.7 Å². The fraction of sp³-hybridized carbons (Fsp3) is 0.160. The van der Waals surface area contributed by atoms with Crippen LogP contribution in [-0.2, 0) is 6.42 Å². The number of hydrogen-bond acceptors (Lipinski definition) is 4. The van der Waals surface area contributed by atoms with Crippen molar-refractivity contribution in [1.29, 1.82) is 0 Å². The van der Waals surface area contributed by atoms with E-state index >= 15 is 0 Å². The molecule has 1 amide bonds. The lowest BCUT2D eigenvalue weighted by molar-refractivity contribution is 0.0953. The van der Waals surface area contributed by atoms with E-state index in [9.17, 15) is 4.79 Å². The predicted octanol–water partition coefficient (Wildman–Crippen LogP) is 3.37. The third-order valence-electron chi connectivity index (χ3n) is 4.92. The summed E-state index contributed by atoms with van der Waals surface area (Å²) < 4.78 is 6.94. The molecular weight excluding hydrogens is 402 g/mol. The average molecular weight is 425 g/mol. The maximum Gasteiger partial charge on any atom is 0.251 e. The number of rotatable bonds is 7. The minimum absolute atomic E-state index is 0.128. The van der Waals surface area contributed by atoms with Crippen molar-refractivity contribution in [1.82, 2.24) is 25.3 Å². The third-order valence-corrected chi connectivity index (χ3v) is 4.92. The topological polar surface area (TPSA) is 84.8 Å². The molecular formula is C25H23N5O2. The number of carbonyl (C=O) groups excluding carboxylic acids is 1. The van der Waals surface area contributed by atoms with Crippen LogP contribution in [0, 0.1) is 11.8 Å². The predicted molar refractivity (Wildman–Crippen MR) is 122 cm³/mol. The van der Waals surface area contributed by atoms with Crippen LogP contribution in [0.4, 0.5) is 0 Å². The number of hydrogen-bond donors (Lipinski definition) is 2. The highest BCUT2D eigenvalue weighted by Gasteiger charge is 2.10. The first-order chi connectivity index (χ1) is 15.7. The summed E-state index contributed by atoms with van der Waals surface area (Å²) >= 11 is 0. The van der Waals surface area contributed by atoms with E-state index in [1.54, 1.807) is 36.3 Å². The number of ether oxygens (including phenoxy) is 1. The highest BCUT2D eigenvalue weighted by atomic mass is 16.5. The van der Waals surface area contributed by atoms with Gasteiger partial charge in [-0.05, 0) is 66.9 Å². The van der Waals surface area contributed by atoms with Crippen molar-refractivity contribution in [2.24, 2.45) is 0 Å². The van der Waals surface area contributed by atoms with Gasteiger partial charge in [0.25, 0.3) is 5.91 Å². The monoisotopic (exact) mass is 425 g/mol. The molecule has 160 valence electrons. The van der Waals surface area contributed by atoms with Gasteiger partial charge in [0.15, 0.2) is 0 Å². The van der Waals surface area contributed by atoms with E-state index in [2.05, 4.69) is 32.5 Å². The third kappa shape index (κ3) is 5.24. The zero-order valence-corrected chi connectivity index (χ0v) is 17.7. The molecule has 0 aliphatic rings. The molecule has 0 radical (unpaired) electrons. The summed E-state index contributed by atoms with van der Waals surface area (Å²) in [6.07, 6.45) is 8.91. The van der Waals surface area contributed by atoms with Crippen molar-refractivity contribution in [3.05, 3.63) is 95.6 Å². The van der Waals surface area contributed by atoms with E-state index in [1.165, 1.54) is 0 Å². The Labute approximate surface area is 186 Å². The zero-order chi connectivity index (χ0) is 22.2. The highest BCUT2D eigenvalue weighted by Crippen LogP contribution is 2.16. The average Bonchev–Trinajstić information content (AvgIpc) is 3.55. The van der Waals surface area contributed by atoms with Gasteiger partial charge in [-0.1, -0.05) is 11.8 Å². The molecule has 7 nitrogen and oxygen atoms in total. The molecule has 4 aromatic rings. The van der Waals surface area contributed by atoms with Gasteiger partial charge in [-0.2, -0.15) is 10.2 Å². The maximum atomic E-state index is 12.7. The Kier molecular flexibility index (Phi) is 6.63. The summed E-state index contributed by atoms with van der Waals surface area (Å²) in [7, 11) is 1.63. The number of aromatic amines is 1. The lowest BCUT2D eigenvalue weighted by Crippen LogP contribution is -2.25. The highest BCUT2D eigenvalue weighted by molar-refractivity contribution is 5.95. The van der Waals surface area contributed by atoms with Gasteiger partial charge in [0.2, 0.25) is 0 Å². The van der Waals surface area contributed by atoms with E-state index < -0.39 is 0 Å². The van der Waals surface area contributed by atoms with Gasteiger partial charge in [0, 0.05) is 36.3 Å². The van der Waals surface area contributed by atoms with Crippen molar-refractivity contribution >= 4 is 5.91 Å². The van der Waals surface area contributed by atoms with Gasteiger partial charge in [0.05, 0.1) is 24.6 Å². The van der Waals surface area contributed by atoms with E-state index in [0.717, 1.165) is 41.0 Å². The Morgan fingerprint density at radius 2 is 2.06 bits per heavy atom. The molecule has 0 saturated heterocycles. The number of methoxy groups -OCH3 is 1. The summed E-state index contributed by atoms with van der Waals surface area (Å²) in [5.41, 5.74) is 4.07. The smallest absolute Gasteiger partial charge is 0.251 e. The minimum Gasteiger partial charge on any atom is -0.497 e. The number of amides is 1. The van der Waals surface area contributed by atoms with E-state index in [4.69, 9.17) is 4.74 Å². The molecule has 4 rings (SSSR count). The van der Waals surface area contributed by atoms with Crippen LogP contribution in [0.15, 0.2) is 73.3 Å². The summed E-state index contributed by atoms with van der Waals surface area (Å²) in [5, 5.41) is 14.0. The van der Waals surface area contributed by atoms with Crippen LogP contribution in [0.5, 0.6) is 5.75 Å². The Bertz CT molecular complexity index is 1220. The molecule has 0 fully saturated rings. The second-order valence-corrected chi connectivity index (χ2v) is 7.13. The molecule has 32 heavy (non-hydrogen) atoms. The van der Waals surface area contributed by atoms with Crippen LogP contribution in [-0.4, -0.2) is 39.5 Å². The first-order valence-corrected chi connectivity index (χ1v) is 10.3. The van der Waals surface area contributed by atoms with Crippen LogP contribution >= 0.6 is 0 Å². The number of aryl methyl sites for hydroxylation is 1. The molecule has 2 N–H and O–H groups in total. The molecule has 0 unspecified atom stereocenters. The van der Waals surface area contributed by atoms with E-state index in [-0.39, 0.29) is 5.91 Å². The Hall–Kier alpha value is -4.31. The normalized spacial score (nSPS) is 10.3. The number of benzene rings is 2. The van der Waals surface area contributed by atoms with Gasteiger partial charge in [0.1, 0.15) is 5.75 Å². The van der Waals surface area contributed by atoms with Crippen LogP contribution in [0.25, 0.3) is 5.69 Å². The second kappa shape index (κ2) is 10.1. The van der Waals surface area contributed by atoms with Crippen molar-refractivity contribution in [2.45, 2.75) is 12.8 Å². The Morgan fingerprint density at radius 3 is 2.78 bits per heavy atom. The van der Waals surface area contributed by atoms with Crippen molar-refractivity contribution < 1.29 is 9.53 Å². The first-order valence-electron chi connectivity index (χ1n) is 10.3. The van der Waals surface area contributed by atoms with Crippen LogP contribution < -0.4 is 10.1 Å². The number of carbonyl (C=O) groups is 1. The molecule has 0 aliphatic carbocycles. The van der Waals surface area contributed by atoms with E-state index in [1.807, 2.05) is 48.8 Å². The molecule has 2 aromatic heterocycles. The number of aromatic nitrogens is 4. The zero-order valence-electron chi connectivity index (χ0n) is 17.7. The summed E-state index contributed by atoms with van der Waals surface area (Å²) in [5.74, 6) is 7.00. The maximum absolute atomic E-state index is 12.7. The molecule has 2 aromatic carbocycles. The number of nitrogens with zero attached hydrogens (tertiary/aromatic N) is 3. The number of H-pyrrole nitrogens is 1.